The van der Waals surface area contributed by atoms with Gasteiger partial charge < -0.3 is 9.64 Å². The third kappa shape index (κ3) is 8.72. The summed E-state index contributed by atoms with van der Waals surface area (Å²) in [6.07, 6.45) is 6.41. The summed E-state index contributed by atoms with van der Waals surface area (Å²) in [5.41, 5.74) is 5.87. The molecule has 9 nitrogen and oxygen atoms in total. The number of aromatic nitrogens is 1. The first-order chi connectivity index (χ1) is 22.7. The maximum Gasteiger partial charge on any atom is 0.271 e. The van der Waals surface area contributed by atoms with Gasteiger partial charge in [-0.2, -0.15) is 21.4 Å². The molecule has 0 amide bonds. The minimum atomic E-state index is -4.20. The van der Waals surface area contributed by atoms with Crippen LogP contribution >= 0.6 is 11.3 Å². The van der Waals surface area contributed by atoms with E-state index < -0.39 is 26.0 Å². The minimum absolute atomic E-state index is 0.0517. The number of fused-ring (bicyclic) bond motifs is 2. The Morgan fingerprint density at radius 2 is 1.65 bits per heavy atom. The van der Waals surface area contributed by atoms with E-state index in [1.807, 2.05) is 72.2 Å². The van der Waals surface area contributed by atoms with Crippen molar-refractivity contribution in [1.29, 1.82) is 0 Å². The van der Waals surface area contributed by atoms with Gasteiger partial charge in [0.2, 0.25) is 11.4 Å². The lowest BCUT2D eigenvalue weighted by Gasteiger charge is -2.25. The van der Waals surface area contributed by atoms with Gasteiger partial charge in [-0.25, -0.2) is 0 Å². The van der Waals surface area contributed by atoms with Crippen LogP contribution in [0.4, 0.5) is 5.69 Å². The highest BCUT2D eigenvalue weighted by atomic mass is 32.2. The molecule has 2 N–H and O–H groups in total. The van der Waals surface area contributed by atoms with Crippen molar-refractivity contribution in [2.24, 2.45) is 0 Å². The third-order valence-electron chi connectivity index (χ3n) is 8.87. The first-order valence-corrected chi connectivity index (χ1v) is 20.2. The normalized spacial score (nSPS) is 14.9. The molecule has 0 saturated heterocycles. The van der Waals surface area contributed by atoms with E-state index in [0.717, 1.165) is 44.0 Å². The molecule has 0 aliphatic carbocycles. The maximum absolute atomic E-state index is 11.8. The van der Waals surface area contributed by atoms with Crippen molar-refractivity contribution in [1.82, 2.24) is 0 Å². The molecule has 48 heavy (non-hydrogen) atoms. The summed E-state index contributed by atoms with van der Waals surface area (Å²) in [5.74, 6) is 0.585. The molecule has 0 radical (unpaired) electrons. The van der Waals surface area contributed by atoms with Crippen molar-refractivity contribution < 1.29 is 35.2 Å². The minimum Gasteiger partial charge on any atom is -0.439 e. The van der Waals surface area contributed by atoms with Crippen molar-refractivity contribution in [3.05, 3.63) is 94.8 Å². The Hall–Kier alpha value is -3.55. The zero-order valence-electron chi connectivity index (χ0n) is 27.7. The van der Waals surface area contributed by atoms with Gasteiger partial charge >= 0.3 is 0 Å². The number of nitrogens with zero attached hydrogens (tertiary/aromatic N) is 2. The molecule has 3 aromatic carbocycles. The molecule has 4 aromatic rings. The maximum atomic E-state index is 11.8. The summed E-state index contributed by atoms with van der Waals surface area (Å²) < 4.78 is 74.6. The molecular weight excluding hydrogens is 669 g/mol. The lowest BCUT2D eigenvalue weighted by atomic mass is 9.82. The molecule has 0 saturated carbocycles. The molecule has 1 aliphatic heterocycles. The molecule has 0 spiro atoms. The Morgan fingerprint density at radius 1 is 0.917 bits per heavy atom. The molecule has 0 unspecified atom stereocenters. The van der Waals surface area contributed by atoms with Crippen LogP contribution in [0.1, 0.15) is 63.9 Å². The average Bonchev–Trinajstić information content (AvgIpc) is 3.57. The predicted molar refractivity (Wildman–Crippen MR) is 194 cm³/mol. The van der Waals surface area contributed by atoms with Crippen LogP contribution in [-0.2, 0) is 32.2 Å². The first-order valence-electron chi connectivity index (χ1n) is 16.1. The highest BCUT2D eigenvalue weighted by molar-refractivity contribution is 7.86. The number of ether oxygens (including phenoxy) is 1. The standard InChI is InChI=1S/C36H42N2O7S3/c1-5-26(22-34-37(18-10-11-20-47(39,40)41)30-25-29(36(3,4)6-2)15-16-32(30)45-34)23-35-38(19-21-48(42,43)44)31-24-28(14-17-33(31)46-35)27-12-8-7-9-13-27/h7-9,12-17,22-25H,5-6,10-11,18-21H2,1-4H3,(H-,39,40,41,42,43,44)/p+1. The van der Waals surface area contributed by atoms with E-state index in [9.17, 15) is 25.9 Å². The quantitative estimate of drug-likeness (QED) is 0.0777. The summed E-state index contributed by atoms with van der Waals surface area (Å²) >= 11 is 1.54. The molecule has 0 atom stereocenters. The number of anilines is 1. The van der Waals surface area contributed by atoms with Gasteiger partial charge in [-0.3, -0.25) is 9.11 Å². The smallest absolute Gasteiger partial charge is 0.271 e. The second-order valence-electron chi connectivity index (χ2n) is 12.6. The van der Waals surface area contributed by atoms with E-state index >= 15 is 0 Å². The van der Waals surface area contributed by atoms with Crippen LogP contribution in [-0.4, -0.2) is 44.0 Å². The Morgan fingerprint density at radius 3 is 2.31 bits per heavy atom. The van der Waals surface area contributed by atoms with Gasteiger partial charge in [0.1, 0.15) is 10.5 Å². The predicted octanol–water partition coefficient (Wildman–Crippen LogP) is 7.63. The van der Waals surface area contributed by atoms with E-state index in [2.05, 4.69) is 43.9 Å². The molecule has 256 valence electrons. The number of hydrogen-bond acceptors (Lipinski definition) is 7. The van der Waals surface area contributed by atoms with Gasteiger partial charge in [-0.05, 0) is 71.6 Å². The molecular formula is C36H43N2O7S3+. The summed E-state index contributed by atoms with van der Waals surface area (Å²) in [7, 11) is -8.26. The van der Waals surface area contributed by atoms with Gasteiger partial charge in [0.15, 0.2) is 12.3 Å². The fraction of sp³-hybridized carbons (Fsp3) is 0.361. The fourth-order valence-corrected chi connectivity index (χ4v) is 7.76. The second-order valence-corrected chi connectivity index (χ2v) is 16.9. The number of unbranched alkanes of at least 4 members (excludes halogenated alkanes) is 1. The zero-order valence-corrected chi connectivity index (χ0v) is 30.2. The molecule has 1 aromatic heterocycles. The first kappa shape index (κ1) is 35.7. The number of rotatable bonds is 14. The van der Waals surface area contributed by atoms with Crippen LogP contribution in [0, 0.1) is 0 Å². The largest absolute Gasteiger partial charge is 0.439 e. The SMILES string of the molecule is CCC(=Cc1sc2ccc(-c3ccccc3)cc2[n+]1CCS(=O)(=O)O)C=C1Oc2ccc(C(C)(C)CC)cc2N1CCCCS(=O)(=O)O. The fourth-order valence-electron chi connectivity index (χ4n) is 5.64. The average molecular weight is 712 g/mol. The summed E-state index contributed by atoms with van der Waals surface area (Å²) in [5, 5.41) is 0.828. The Balaban J connectivity index is 1.55. The van der Waals surface area contributed by atoms with Crippen LogP contribution in [0.5, 0.6) is 5.75 Å². The van der Waals surface area contributed by atoms with Crippen molar-refractivity contribution in [2.75, 3.05) is 23.0 Å². The highest BCUT2D eigenvalue weighted by Gasteiger charge is 2.30. The van der Waals surface area contributed by atoms with Crippen molar-refractivity contribution in [2.45, 2.75) is 65.3 Å². The molecule has 5 rings (SSSR count). The van der Waals surface area contributed by atoms with Gasteiger partial charge in [0.05, 0.1) is 11.4 Å². The lowest BCUT2D eigenvalue weighted by Crippen LogP contribution is -2.38. The monoisotopic (exact) mass is 711 g/mol. The molecule has 0 bridgehead atoms. The zero-order chi connectivity index (χ0) is 34.7. The Labute approximate surface area is 287 Å². The summed E-state index contributed by atoms with van der Waals surface area (Å²) in [4.78, 5) is 2.06. The van der Waals surface area contributed by atoms with Crippen molar-refractivity contribution in [3.8, 4) is 16.9 Å². The highest BCUT2D eigenvalue weighted by Crippen LogP contribution is 2.43. The van der Waals surface area contributed by atoms with Crippen molar-refractivity contribution >= 4 is 53.6 Å². The molecule has 0 fully saturated rings. The number of aryl methyl sites for hydroxylation is 1. The number of hydrogen-bond donors (Lipinski definition) is 2. The molecule has 2 heterocycles. The van der Waals surface area contributed by atoms with Crippen LogP contribution in [0.15, 0.2) is 84.3 Å². The van der Waals surface area contributed by atoms with Gasteiger partial charge in [0.25, 0.3) is 25.2 Å². The van der Waals surface area contributed by atoms with E-state index in [-0.39, 0.29) is 17.7 Å². The third-order valence-corrected chi connectivity index (χ3v) is 11.5. The van der Waals surface area contributed by atoms with E-state index in [1.165, 1.54) is 5.56 Å². The van der Waals surface area contributed by atoms with Crippen LogP contribution < -0.4 is 14.2 Å². The van der Waals surface area contributed by atoms with E-state index in [0.29, 0.717) is 37.4 Å². The second kappa shape index (κ2) is 14.5. The number of allylic oxidation sites excluding steroid dienone is 2. The number of thiazole rings is 1. The lowest BCUT2D eigenvalue weighted by molar-refractivity contribution is -0.664. The summed E-state index contributed by atoms with van der Waals surface area (Å²) in [6, 6.07) is 22.3. The van der Waals surface area contributed by atoms with Crippen LogP contribution in [0.2, 0.25) is 0 Å². The molecule has 12 heteroatoms. The Kier molecular flexibility index (Phi) is 10.8. The van der Waals surface area contributed by atoms with Gasteiger partial charge in [-0.1, -0.05) is 81.5 Å². The molecule has 1 aliphatic rings. The van der Waals surface area contributed by atoms with Gasteiger partial charge in [0, 0.05) is 24.8 Å². The topological polar surface area (TPSA) is 125 Å². The van der Waals surface area contributed by atoms with E-state index in [4.69, 9.17) is 4.74 Å². The summed E-state index contributed by atoms with van der Waals surface area (Å²) in [6.45, 7) is 9.14. The van der Waals surface area contributed by atoms with Crippen LogP contribution in [0.3, 0.4) is 0 Å². The van der Waals surface area contributed by atoms with Crippen molar-refractivity contribution in [3.63, 3.8) is 0 Å². The number of benzene rings is 3. The van der Waals surface area contributed by atoms with E-state index in [1.54, 1.807) is 11.3 Å². The van der Waals surface area contributed by atoms with Gasteiger partial charge in [-0.15, -0.1) is 0 Å². The Bertz CT molecular complexity index is 2070. The van der Waals surface area contributed by atoms with Crippen LogP contribution in [0.25, 0.3) is 27.4 Å².